The summed E-state index contributed by atoms with van der Waals surface area (Å²) >= 11 is 0. The van der Waals surface area contributed by atoms with Gasteiger partial charge in [0.2, 0.25) is 0 Å². The summed E-state index contributed by atoms with van der Waals surface area (Å²) in [4.78, 5) is 19.4. The molecule has 2 heterocycles. The summed E-state index contributed by atoms with van der Waals surface area (Å²) in [7, 11) is 0. The molecule has 0 unspecified atom stereocenters. The van der Waals surface area contributed by atoms with Crippen LogP contribution in [-0.4, -0.2) is 15.8 Å². The fourth-order valence-corrected chi connectivity index (χ4v) is 1.31. The minimum atomic E-state index is 0.0141. The first-order valence-electron chi connectivity index (χ1n) is 4.65. The van der Waals surface area contributed by atoms with Gasteiger partial charge in [-0.15, -0.1) is 0 Å². The Hall–Kier alpha value is -2.03. The quantitative estimate of drug-likeness (QED) is 0.695. The van der Waals surface area contributed by atoms with Crippen molar-refractivity contribution in [3.8, 4) is 11.3 Å². The van der Waals surface area contributed by atoms with E-state index in [4.69, 9.17) is 0 Å². The SMILES string of the molecule is CC(=O)c1cncc(-c2ccccn2)c1. The number of pyridine rings is 2. The zero-order valence-corrected chi connectivity index (χ0v) is 8.34. The minimum Gasteiger partial charge on any atom is -0.294 e. The van der Waals surface area contributed by atoms with E-state index in [2.05, 4.69) is 9.97 Å². The van der Waals surface area contributed by atoms with Crippen LogP contribution in [0, 0.1) is 0 Å². The highest BCUT2D eigenvalue weighted by Gasteiger charge is 2.03. The second-order valence-electron chi connectivity index (χ2n) is 3.23. The van der Waals surface area contributed by atoms with Crippen LogP contribution in [0.4, 0.5) is 0 Å². The van der Waals surface area contributed by atoms with Crippen LogP contribution in [-0.2, 0) is 0 Å². The van der Waals surface area contributed by atoms with E-state index in [-0.39, 0.29) is 5.78 Å². The van der Waals surface area contributed by atoms with Gasteiger partial charge in [-0.2, -0.15) is 0 Å². The van der Waals surface area contributed by atoms with Gasteiger partial charge in [0.25, 0.3) is 0 Å². The van der Waals surface area contributed by atoms with Crippen molar-refractivity contribution in [2.75, 3.05) is 0 Å². The van der Waals surface area contributed by atoms with Gasteiger partial charge in [0, 0.05) is 29.7 Å². The molecular formula is C12H10N2O. The Morgan fingerprint density at radius 1 is 1.27 bits per heavy atom. The molecule has 0 N–H and O–H groups in total. The van der Waals surface area contributed by atoms with Crippen molar-refractivity contribution in [1.29, 1.82) is 0 Å². The van der Waals surface area contributed by atoms with Crippen molar-refractivity contribution >= 4 is 5.78 Å². The number of aromatic nitrogens is 2. The van der Waals surface area contributed by atoms with Crippen LogP contribution < -0.4 is 0 Å². The highest BCUT2D eigenvalue weighted by molar-refractivity contribution is 5.94. The zero-order valence-electron chi connectivity index (χ0n) is 8.34. The van der Waals surface area contributed by atoms with E-state index in [0.29, 0.717) is 5.56 Å². The highest BCUT2D eigenvalue weighted by Crippen LogP contribution is 2.16. The van der Waals surface area contributed by atoms with E-state index in [0.717, 1.165) is 11.3 Å². The summed E-state index contributed by atoms with van der Waals surface area (Å²) in [6.45, 7) is 1.53. The molecule has 0 aliphatic heterocycles. The number of carbonyl (C=O) groups excluding carboxylic acids is 1. The van der Waals surface area contributed by atoms with E-state index in [1.54, 1.807) is 24.7 Å². The Morgan fingerprint density at radius 3 is 2.80 bits per heavy atom. The van der Waals surface area contributed by atoms with Gasteiger partial charge in [-0.3, -0.25) is 14.8 Å². The molecule has 0 aromatic carbocycles. The Bertz CT molecular complexity index is 480. The average molecular weight is 198 g/mol. The monoisotopic (exact) mass is 198 g/mol. The van der Waals surface area contributed by atoms with Crippen molar-refractivity contribution in [1.82, 2.24) is 9.97 Å². The van der Waals surface area contributed by atoms with E-state index >= 15 is 0 Å². The van der Waals surface area contributed by atoms with Crippen LogP contribution in [0.25, 0.3) is 11.3 Å². The molecule has 2 aromatic rings. The van der Waals surface area contributed by atoms with Crippen molar-refractivity contribution in [2.24, 2.45) is 0 Å². The normalized spacial score (nSPS) is 9.93. The molecule has 2 aromatic heterocycles. The van der Waals surface area contributed by atoms with Gasteiger partial charge in [-0.25, -0.2) is 0 Å². The molecule has 0 amide bonds. The second kappa shape index (κ2) is 4.00. The molecule has 74 valence electrons. The fraction of sp³-hybridized carbons (Fsp3) is 0.0833. The van der Waals surface area contributed by atoms with Crippen LogP contribution in [0.2, 0.25) is 0 Å². The number of rotatable bonds is 2. The average Bonchev–Trinajstić information content (AvgIpc) is 2.30. The number of ketones is 1. The largest absolute Gasteiger partial charge is 0.294 e. The third kappa shape index (κ3) is 2.07. The molecule has 0 atom stereocenters. The van der Waals surface area contributed by atoms with Crippen molar-refractivity contribution < 1.29 is 4.79 Å². The Balaban J connectivity index is 2.46. The van der Waals surface area contributed by atoms with E-state index in [1.165, 1.54) is 6.92 Å². The minimum absolute atomic E-state index is 0.0141. The maximum atomic E-state index is 11.2. The fourth-order valence-electron chi connectivity index (χ4n) is 1.31. The van der Waals surface area contributed by atoms with Gasteiger partial charge >= 0.3 is 0 Å². The van der Waals surface area contributed by atoms with Gasteiger partial charge in [-0.1, -0.05) is 6.07 Å². The summed E-state index contributed by atoms with van der Waals surface area (Å²) in [6.07, 6.45) is 4.99. The first-order valence-corrected chi connectivity index (χ1v) is 4.65. The molecule has 3 heteroatoms. The van der Waals surface area contributed by atoms with Crippen LogP contribution in [0.5, 0.6) is 0 Å². The predicted molar refractivity (Wildman–Crippen MR) is 57.5 cm³/mol. The highest BCUT2D eigenvalue weighted by atomic mass is 16.1. The summed E-state index contributed by atoms with van der Waals surface area (Å²) in [6, 6.07) is 7.45. The number of hydrogen-bond donors (Lipinski definition) is 0. The predicted octanol–water partition coefficient (Wildman–Crippen LogP) is 2.35. The molecule has 0 bridgehead atoms. The van der Waals surface area contributed by atoms with Crippen LogP contribution in [0.1, 0.15) is 17.3 Å². The van der Waals surface area contributed by atoms with E-state index < -0.39 is 0 Å². The van der Waals surface area contributed by atoms with Crippen molar-refractivity contribution in [3.05, 3.63) is 48.4 Å². The Labute approximate surface area is 87.8 Å². The molecule has 2 rings (SSSR count). The van der Waals surface area contributed by atoms with E-state index in [9.17, 15) is 4.79 Å². The lowest BCUT2D eigenvalue weighted by atomic mass is 10.1. The van der Waals surface area contributed by atoms with Crippen LogP contribution in [0.3, 0.4) is 0 Å². The van der Waals surface area contributed by atoms with Gasteiger partial charge in [0.1, 0.15) is 0 Å². The third-order valence-corrected chi connectivity index (χ3v) is 2.11. The molecule has 0 radical (unpaired) electrons. The van der Waals surface area contributed by atoms with Gasteiger partial charge in [0.15, 0.2) is 5.78 Å². The molecule has 0 aliphatic carbocycles. The van der Waals surface area contributed by atoms with Gasteiger partial charge in [-0.05, 0) is 25.1 Å². The van der Waals surface area contributed by atoms with Crippen LogP contribution >= 0.6 is 0 Å². The third-order valence-electron chi connectivity index (χ3n) is 2.11. The lowest BCUT2D eigenvalue weighted by molar-refractivity contribution is 0.101. The summed E-state index contributed by atoms with van der Waals surface area (Å²) in [5.41, 5.74) is 2.30. The standard InChI is InChI=1S/C12H10N2O/c1-9(15)10-6-11(8-13-7-10)12-4-2-3-5-14-12/h2-8H,1H3. The van der Waals surface area contributed by atoms with Gasteiger partial charge < -0.3 is 0 Å². The number of carbonyl (C=O) groups is 1. The zero-order chi connectivity index (χ0) is 10.7. The van der Waals surface area contributed by atoms with E-state index in [1.807, 2.05) is 18.2 Å². The van der Waals surface area contributed by atoms with Crippen LogP contribution in [0.15, 0.2) is 42.9 Å². The number of hydrogen-bond acceptors (Lipinski definition) is 3. The Kier molecular flexibility index (Phi) is 2.54. The number of nitrogens with zero attached hydrogens (tertiary/aromatic N) is 2. The topological polar surface area (TPSA) is 42.9 Å². The Morgan fingerprint density at radius 2 is 2.13 bits per heavy atom. The first kappa shape index (κ1) is 9.52. The second-order valence-corrected chi connectivity index (χ2v) is 3.23. The summed E-state index contributed by atoms with van der Waals surface area (Å²) in [5, 5.41) is 0. The summed E-state index contributed by atoms with van der Waals surface area (Å²) < 4.78 is 0. The maximum absolute atomic E-state index is 11.2. The van der Waals surface area contributed by atoms with Crippen molar-refractivity contribution in [2.45, 2.75) is 6.92 Å². The lowest BCUT2D eigenvalue weighted by Gasteiger charge is -2.01. The lowest BCUT2D eigenvalue weighted by Crippen LogP contribution is -1.94. The molecule has 3 nitrogen and oxygen atoms in total. The number of Topliss-reactive ketones (excluding diaryl/α,β-unsaturated/α-hetero) is 1. The summed E-state index contributed by atoms with van der Waals surface area (Å²) in [5.74, 6) is 0.0141. The van der Waals surface area contributed by atoms with Crippen molar-refractivity contribution in [3.63, 3.8) is 0 Å². The molecule has 0 fully saturated rings. The molecule has 0 aliphatic rings. The molecule has 15 heavy (non-hydrogen) atoms. The smallest absolute Gasteiger partial charge is 0.161 e. The maximum Gasteiger partial charge on any atom is 0.161 e. The molecular weight excluding hydrogens is 188 g/mol. The first-order chi connectivity index (χ1) is 7.27. The molecule has 0 saturated carbocycles. The molecule has 0 spiro atoms. The van der Waals surface area contributed by atoms with Gasteiger partial charge in [0.05, 0.1) is 5.69 Å². The molecule has 0 saturated heterocycles.